The van der Waals surface area contributed by atoms with Crippen LogP contribution in [-0.4, -0.2) is 114 Å². The molecule has 0 bridgehead atoms. The number of hydrogen-bond acceptors (Lipinski definition) is 14. The van der Waals surface area contributed by atoms with E-state index in [1.54, 1.807) is 0 Å². The number of unbranched alkanes of at least 4 members (excludes halogenated alkanes) is 68. The van der Waals surface area contributed by atoms with Gasteiger partial charge >= 0.3 is 61.6 Å². The van der Waals surface area contributed by atoms with E-state index in [-0.39, 0.29) is 86.4 Å². The normalized spacial score (nSPS) is 11.8. The second-order valence-corrected chi connectivity index (χ2v) is 38.4. The van der Waals surface area contributed by atoms with Crippen molar-refractivity contribution in [2.24, 2.45) is 0 Å². The third-order valence-corrected chi connectivity index (χ3v) is 25.7. The number of esters is 4. The molecule has 0 saturated carbocycles. The number of hydrogen-bond donors (Lipinski definition) is 0. The molecule has 2 aromatic rings. The summed E-state index contributed by atoms with van der Waals surface area (Å²) in [5.41, 5.74) is -0.666. The van der Waals surface area contributed by atoms with E-state index in [1.807, 2.05) is 0 Å². The van der Waals surface area contributed by atoms with Gasteiger partial charge in [0.15, 0.2) is 0 Å². The fourth-order valence-electron chi connectivity index (χ4n) is 16.0. The van der Waals surface area contributed by atoms with Gasteiger partial charge < -0.3 is 28.1 Å². The van der Waals surface area contributed by atoms with E-state index in [9.17, 15) is 45.1 Å². The molecule has 0 atom stereocenters. The van der Waals surface area contributed by atoms with Crippen molar-refractivity contribution in [3.05, 3.63) is 107 Å². The standard InChI is InChI=1S/2C54H94O7S.Ca/c2*1-3-5-7-9-11-13-15-17-19-21-23-25-27-29-31-33-35-37-39-41-43-47-60-53(55)51-46-45-50(62(57,58)59)49-52(51)54(56)61-48-44-42-40-38-36-34-32-30-28-26-24-22-20-18-16-14-12-10-8-6-4-2;/h2*17-20,45-46,49H,3-16,21-44,47-48H2,1-2H3,(H,57,58,59);/q;;+2/p-2/b2*19-17+,20-18+;. The molecule has 14 nitrogen and oxygen atoms in total. The molecular weight excluding hydrogens is 1630 g/mol. The van der Waals surface area contributed by atoms with Gasteiger partial charge in [-0.05, 0) is 165 Å². The maximum Gasteiger partial charge on any atom is 2.00 e. The Balaban J connectivity index is 0.00000244. The maximum absolute atomic E-state index is 13.0. The van der Waals surface area contributed by atoms with Crippen LogP contribution in [0.25, 0.3) is 0 Å². The monoisotopic (exact) mass is 1810 g/mol. The summed E-state index contributed by atoms with van der Waals surface area (Å²) in [6.07, 6.45) is 113. The summed E-state index contributed by atoms with van der Waals surface area (Å²) in [5.74, 6) is -3.08. The second kappa shape index (κ2) is 92.2. The van der Waals surface area contributed by atoms with Gasteiger partial charge in [-0.3, -0.25) is 0 Å². The largest absolute Gasteiger partial charge is 2.00 e. The van der Waals surface area contributed by atoms with E-state index in [4.69, 9.17) is 18.9 Å². The Morgan fingerprint density at radius 2 is 0.352 bits per heavy atom. The fraction of sp³-hybridized carbons (Fsp3) is 0.778. The smallest absolute Gasteiger partial charge is 0.744 e. The summed E-state index contributed by atoms with van der Waals surface area (Å²) in [5, 5.41) is 0. The van der Waals surface area contributed by atoms with Crippen LogP contribution in [0, 0.1) is 0 Å². The van der Waals surface area contributed by atoms with Gasteiger partial charge in [0.2, 0.25) is 0 Å². The Morgan fingerprint density at radius 3 is 0.504 bits per heavy atom. The van der Waals surface area contributed by atoms with E-state index in [0.717, 1.165) is 101 Å². The number of allylic oxidation sites excluding steroid dienone is 8. The average molecular weight is 1810 g/mol. The number of ether oxygens (including phenoxy) is 4. The van der Waals surface area contributed by atoms with Crippen molar-refractivity contribution < 1.29 is 64.1 Å². The van der Waals surface area contributed by atoms with Crippen LogP contribution in [0.15, 0.2) is 94.8 Å². The van der Waals surface area contributed by atoms with Crippen LogP contribution < -0.4 is 0 Å². The van der Waals surface area contributed by atoms with Crippen molar-refractivity contribution in [2.45, 2.75) is 525 Å². The molecule has 0 spiro atoms. The third-order valence-electron chi connectivity index (χ3n) is 24.0. The van der Waals surface area contributed by atoms with Crippen molar-refractivity contribution in [1.29, 1.82) is 0 Å². The average Bonchev–Trinajstić information content (AvgIpc) is 0.812. The number of carbonyl (C=O) groups is 4. The van der Waals surface area contributed by atoms with E-state index >= 15 is 0 Å². The Hall–Kier alpha value is -3.64. The Morgan fingerprint density at radius 1 is 0.216 bits per heavy atom. The molecule has 0 heterocycles. The van der Waals surface area contributed by atoms with Crippen molar-refractivity contribution in [3.63, 3.8) is 0 Å². The summed E-state index contributed by atoms with van der Waals surface area (Å²) in [6, 6.07) is 6.31. The predicted molar refractivity (Wildman–Crippen MR) is 526 cm³/mol. The first-order valence-corrected chi connectivity index (χ1v) is 54.9. The Bertz CT molecular complexity index is 2950. The molecule has 0 aliphatic heterocycles. The molecule has 0 aliphatic rings. The van der Waals surface area contributed by atoms with Crippen LogP contribution in [0.3, 0.4) is 0 Å². The molecule has 17 heteroatoms. The van der Waals surface area contributed by atoms with Gasteiger partial charge in [-0.15, -0.1) is 0 Å². The van der Waals surface area contributed by atoms with Crippen LogP contribution in [-0.2, 0) is 39.2 Å². The molecule has 0 aromatic heterocycles. The molecule has 0 saturated heterocycles. The van der Waals surface area contributed by atoms with E-state index < -0.39 is 53.9 Å². The molecule has 0 radical (unpaired) electrons. The molecule has 0 fully saturated rings. The maximum atomic E-state index is 13.0. The molecule has 716 valence electrons. The number of carbonyl (C=O) groups excluding carboxylic acids is 4. The minimum Gasteiger partial charge on any atom is -0.744 e. The van der Waals surface area contributed by atoms with Gasteiger partial charge in [0.25, 0.3) is 0 Å². The van der Waals surface area contributed by atoms with Crippen molar-refractivity contribution in [3.8, 4) is 0 Å². The Labute approximate surface area is 798 Å². The minimum atomic E-state index is -4.82. The SMILES string of the molecule is CCCCCCCC/C=C/CCCCCCCCCCCCCOC(=O)c1ccc(S(=O)(=O)[O-])cc1C(=O)OCCCCCCCCCCCCC/C=C/CCCCCCCC.CCCCCCCC/C=C/CCCCCCCCCCCCCOC(=O)c1ccc(S(=O)(=O)[O-])cc1C(=O)OCCCCCCCCCCCCC/C=C/CCCCCCCC.[Ca+2]. The van der Waals surface area contributed by atoms with Crippen molar-refractivity contribution in [1.82, 2.24) is 0 Å². The topological polar surface area (TPSA) is 220 Å². The van der Waals surface area contributed by atoms with Gasteiger partial charge in [-0.25, -0.2) is 36.0 Å². The molecular formula is C108H186CaO14S2. The summed E-state index contributed by atoms with van der Waals surface area (Å²) in [6.45, 7) is 9.80. The van der Waals surface area contributed by atoms with Crippen LogP contribution in [0.1, 0.15) is 557 Å². The van der Waals surface area contributed by atoms with Crippen LogP contribution in [0.2, 0.25) is 0 Å². The van der Waals surface area contributed by atoms with Gasteiger partial charge in [0.05, 0.1) is 58.5 Å². The molecule has 0 unspecified atom stereocenters. The van der Waals surface area contributed by atoms with Gasteiger partial charge in [0.1, 0.15) is 20.2 Å². The summed E-state index contributed by atoms with van der Waals surface area (Å²) in [4.78, 5) is 50.7. The fourth-order valence-corrected chi connectivity index (χ4v) is 16.9. The zero-order chi connectivity index (χ0) is 90.1. The van der Waals surface area contributed by atoms with Crippen LogP contribution in [0.5, 0.6) is 0 Å². The van der Waals surface area contributed by atoms with Crippen molar-refractivity contribution in [2.75, 3.05) is 26.4 Å². The Kier molecular flexibility index (Phi) is 89.5. The first-order valence-electron chi connectivity index (χ1n) is 52.1. The van der Waals surface area contributed by atoms with Crippen LogP contribution in [0.4, 0.5) is 0 Å². The van der Waals surface area contributed by atoms with Crippen molar-refractivity contribution >= 4 is 81.9 Å². The predicted octanol–water partition coefficient (Wildman–Crippen LogP) is 33.4. The molecule has 0 N–H and O–H groups in total. The molecule has 2 aromatic carbocycles. The van der Waals surface area contributed by atoms with E-state index in [2.05, 4.69) is 76.3 Å². The summed E-state index contributed by atoms with van der Waals surface area (Å²) in [7, 11) is -9.64. The van der Waals surface area contributed by atoms with E-state index in [0.29, 0.717) is 25.7 Å². The number of benzene rings is 2. The first-order chi connectivity index (χ1) is 60.6. The van der Waals surface area contributed by atoms with Gasteiger partial charge in [-0.1, -0.05) is 436 Å². The van der Waals surface area contributed by atoms with Gasteiger partial charge in [-0.2, -0.15) is 0 Å². The molecule has 125 heavy (non-hydrogen) atoms. The first kappa shape index (κ1) is 121. The summed E-state index contributed by atoms with van der Waals surface area (Å²) < 4.78 is 92.0. The van der Waals surface area contributed by atoms with E-state index in [1.165, 1.54) is 397 Å². The number of rotatable bonds is 90. The minimum absolute atomic E-state index is 0. The van der Waals surface area contributed by atoms with Crippen LogP contribution >= 0.6 is 0 Å². The summed E-state index contributed by atoms with van der Waals surface area (Å²) >= 11 is 0. The molecule has 2 rings (SSSR count). The zero-order valence-electron chi connectivity index (χ0n) is 80.9. The quantitative estimate of drug-likeness (QED) is 0.0150. The second-order valence-electron chi connectivity index (χ2n) is 35.7. The molecule has 0 amide bonds. The van der Waals surface area contributed by atoms with Gasteiger partial charge in [0, 0.05) is 0 Å². The zero-order valence-corrected chi connectivity index (χ0v) is 84.7. The third kappa shape index (κ3) is 78.7. The molecule has 0 aliphatic carbocycles.